The first-order valence-electron chi connectivity index (χ1n) is 5.33. The second kappa shape index (κ2) is 6.82. The van der Waals surface area contributed by atoms with Crippen molar-refractivity contribution >= 4 is 16.2 Å². The third kappa shape index (κ3) is 5.43. The first-order valence-corrected chi connectivity index (χ1v) is 6.82. The van der Waals surface area contributed by atoms with E-state index in [0.717, 1.165) is 0 Å². The molecule has 0 aliphatic carbocycles. The Kier molecular flexibility index (Phi) is 6.54. The molecule has 0 aromatic rings. The van der Waals surface area contributed by atoms with Crippen LogP contribution in [0.15, 0.2) is 0 Å². The lowest BCUT2D eigenvalue weighted by Crippen LogP contribution is -2.49. The largest absolute Gasteiger partial charge is 0.480 e. The third-order valence-electron chi connectivity index (χ3n) is 2.30. The first kappa shape index (κ1) is 15.3. The van der Waals surface area contributed by atoms with Gasteiger partial charge in [0.05, 0.1) is 0 Å². The fraction of sp³-hybridized carbons (Fsp3) is 0.889. The van der Waals surface area contributed by atoms with Crippen molar-refractivity contribution in [2.75, 3.05) is 6.54 Å². The van der Waals surface area contributed by atoms with Crippen LogP contribution >= 0.6 is 0 Å². The molecule has 6 nitrogen and oxygen atoms in total. The molecule has 0 fully saturated rings. The molecule has 0 amide bonds. The summed E-state index contributed by atoms with van der Waals surface area (Å²) in [6.45, 7) is 5.63. The van der Waals surface area contributed by atoms with Crippen molar-refractivity contribution in [2.24, 2.45) is 5.92 Å². The summed E-state index contributed by atoms with van der Waals surface area (Å²) >= 11 is 0. The van der Waals surface area contributed by atoms with E-state index in [1.54, 1.807) is 6.92 Å². The van der Waals surface area contributed by atoms with Crippen LogP contribution < -0.4 is 9.44 Å². The van der Waals surface area contributed by atoms with E-state index in [1.807, 2.05) is 13.8 Å². The highest BCUT2D eigenvalue weighted by Gasteiger charge is 2.27. The maximum Gasteiger partial charge on any atom is 0.322 e. The normalized spacial score (nSPS) is 15.7. The number of hydrogen-bond acceptors (Lipinski definition) is 3. The van der Waals surface area contributed by atoms with E-state index in [-0.39, 0.29) is 5.92 Å². The van der Waals surface area contributed by atoms with Crippen LogP contribution in [0.2, 0.25) is 0 Å². The molecule has 0 heterocycles. The molecule has 0 rings (SSSR count). The van der Waals surface area contributed by atoms with E-state index in [1.165, 1.54) is 0 Å². The lowest BCUT2D eigenvalue weighted by molar-refractivity contribution is -0.140. The van der Waals surface area contributed by atoms with E-state index in [2.05, 4.69) is 9.44 Å². The Labute approximate surface area is 96.6 Å². The summed E-state index contributed by atoms with van der Waals surface area (Å²) in [5.41, 5.74) is 0. The molecule has 2 atom stereocenters. The van der Waals surface area contributed by atoms with Crippen molar-refractivity contribution in [1.82, 2.24) is 9.44 Å². The fourth-order valence-corrected chi connectivity index (χ4v) is 2.31. The number of nitrogens with one attached hydrogen (secondary N) is 2. The number of carbonyl (C=O) groups is 1. The first-order chi connectivity index (χ1) is 7.34. The summed E-state index contributed by atoms with van der Waals surface area (Å²) in [6, 6.07) is -1.08. The topological polar surface area (TPSA) is 95.5 Å². The summed E-state index contributed by atoms with van der Waals surface area (Å²) in [6.07, 6.45) is 1.25. The van der Waals surface area contributed by atoms with Gasteiger partial charge in [0.1, 0.15) is 6.04 Å². The Hall–Kier alpha value is -0.660. The molecule has 7 heteroatoms. The molecule has 0 saturated heterocycles. The molecule has 16 heavy (non-hydrogen) atoms. The Morgan fingerprint density at radius 3 is 2.31 bits per heavy atom. The summed E-state index contributed by atoms with van der Waals surface area (Å²) in [5, 5.41) is 8.91. The molecule has 0 aromatic heterocycles. The zero-order valence-electron chi connectivity index (χ0n) is 9.86. The van der Waals surface area contributed by atoms with Crippen LogP contribution in [0, 0.1) is 5.92 Å². The van der Waals surface area contributed by atoms with Crippen molar-refractivity contribution in [1.29, 1.82) is 0 Å². The standard InChI is InChI=1S/C9H20N2O4S/c1-4-6-10-16(14,15)11-8(9(12)13)7(3)5-2/h7-8,10-11H,4-6H2,1-3H3,(H,12,13)/t7-,8-/m0/s1. The predicted octanol–water partition coefficient (Wildman–Crippen LogP) is 0.320. The molecule has 0 saturated carbocycles. The van der Waals surface area contributed by atoms with Gasteiger partial charge in [-0.05, 0) is 12.3 Å². The molecule has 0 aromatic carbocycles. The molecule has 0 bridgehead atoms. The smallest absolute Gasteiger partial charge is 0.322 e. The molecule has 0 aliphatic rings. The van der Waals surface area contributed by atoms with E-state index in [9.17, 15) is 13.2 Å². The summed E-state index contributed by atoms with van der Waals surface area (Å²) in [4.78, 5) is 10.9. The van der Waals surface area contributed by atoms with Crippen LogP contribution in [0.4, 0.5) is 0 Å². The lowest BCUT2D eigenvalue weighted by Gasteiger charge is -2.20. The van der Waals surface area contributed by atoms with Gasteiger partial charge in [-0.15, -0.1) is 0 Å². The van der Waals surface area contributed by atoms with Gasteiger partial charge in [-0.3, -0.25) is 4.79 Å². The second-order valence-corrected chi connectivity index (χ2v) is 5.25. The zero-order valence-corrected chi connectivity index (χ0v) is 10.7. The third-order valence-corrected chi connectivity index (χ3v) is 3.45. The van der Waals surface area contributed by atoms with Crippen molar-refractivity contribution in [3.63, 3.8) is 0 Å². The van der Waals surface area contributed by atoms with Crippen molar-refractivity contribution in [3.05, 3.63) is 0 Å². The maximum atomic E-state index is 11.4. The minimum Gasteiger partial charge on any atom is -0.480 e. The van der Waals surface area contributed by atoms with Crippen LogP contribution in [-0.4, -0.2) is 32.1 Å². The number of hydrogen-bond donors (Lipinski definition) is 3. The number of aliphatic carboxylic acids is 1. The van der Waals surface area contributed by atoms with Crippen molar-refractivity contribution in [2.45, 2.75) is 39.7 Å². The number of carboxylic acid groups (broad SMARTS) is 1. The predicted molar refractivity (Wildman–Crippen MR) is 61.2 cm³/mol. The highest BCUT2D eigenvalue weighted by Crippen LogP contribution is 2.08. The Morgan fingerprint density at radius 2 is 1.94 bits per heavy atom. The molecule has 3 N–H and O–H groups in total. The van der Waals surface area contributed by atoms with Crippen LogP contribution in [0.5, 0.6) is 0 Å². The number of carboxylic acids is 1. The summed E-state index contributed by atoms with van der Waals surface area (Å²) < 4.78 is 27.3. The average Bonchev–Trinajstić information content (AvgIpc) is 2.22. The Bertz CT molecular complexity index is 315. The molecule has 0 radical (unpaired) electrons. The van der Waals surface area contributed by atoms with E-state index < -0.39 is 22.2 Å². The van der Waals surface area contributed by atoms with Crippen LogP contribution in [0.25, 0.3) is 0 Å². The van der Waals surface area contributed by atoms with Crippen LogP contribution in [0.1, 0.15) is 33.6 Å². The number of rotatable bonds is 8. The molecular formula is C9H20N2O4S. The van der Waals surface area contributed by atoms with E-state index in [4.69, 9.17) is 5.11 Å². The van der Waals surface area contributed by atoms with E-state index in [0.29, 0.717) is 19.4 Å². The minimum absolute atomic E-state index is 0.254. The van der Waals surface area contributed by atoms with Gasteiger partial charge in [0.25, 0.3) is 10.2 Å². The zero-order chi connectivity index (χ0) is 12.8. The van der Waals surface area contributed by atoms with Gasteiger partial charge < -0.3 is 5.11 Å². The molecule has 0 spiro atoms. The van der Waals surface area contributed by atoms with Gasteiger partial charge >= 0.3 is 5.97 Å². The van der Waals surface area contributed by atoms with Gasteiger partial charge in [-0.25, -0.2) is 4.72 Å². The monoisotopic (exact) mass is 252 g/mol. The molecule has 0 aliphatic heterocycles. The molecular weight excluding hydrogens is 232 g/mol. The van der Waals surface area contributed by atoms with Crippen LogP contribution in [0.3, 0.4) is 0 Å². The van der Waals surface area contributed by atoms with E-state index >= 15 is 0 Å². The van der Waals surface area contributed by atoms with Gasteiger partial charge in [0.15, 0.2) is 0 Å². The van der Waals surface area contributed by atoms with Gasteiger partial charge in [0, 0.05) is 6.54 Å². The molecule has 96 valence electrons. The van der Waals surface area contributed by atoms with Gasteiger partial charge in [0.2, 0.25) is 0 Å². The summed E-state index contributed by atoms with van der Waals surface area (Å²) in [5.74, 6) is -1.41. The highest BCUT2D eigenvalue weighted by molar-refractivity contribution is 7.87. The minimum atomic E-state index is -3.72. The SMILES string of the molecule is CCCNS(=O)(=O)N[C@H](C(=O)O)[C@@H](C)CC. The average molecular weight is 252 g/mol. The molecule has 0 unspecified atom stereocenters. The Balaban J connectivity index is 4.57. The van der Waals surface area contributed by atoms with Gasteiger partial charge in [-0.2, -0.15) is 13.1 Å². The van der Waals surface area contributed by atoms with Gasteiger partial charge in [-0.1, -0.05) is 27.2 Å². The summed E-state index contributed by atoms with van der Waals surface area (Å²) in [7, 11) is -3.72. The fourth-order valence-electron chi connectivity index (χ4n) is 1.09. The van der Waals surface area contributed by atoms with Crippen molar-refractivity contribution in [3.8, 4) is 0 Å². The lowest BCUT2D eigenvalue weighted by atomic mass is 10.0. The second-order valence-electron chi connectivity index (χ2n) is 3.72. The van der Waals surface area contributed by atoms with Crippen LogP contribution in [-0.2, 0) is 15.0 Å². The Morgan fingerprint density at radius 1 is 1.38 bits per heavy atom. The van der Waals surface area contributed by atoms with Crippen molar-refractivity contribution < 1.29 is 18.3 Å². The maximum absolute atomic E-state index is 11.4. The quantitative estimate of drug-likeness (QED) is 0.579. The highest BCUT2D eigenvalue weighted by atomic mass is 32.2.